The molecule has 0 atom stereocenters. The van der Waals surface area contributed by atoms with Crippen molar-refractivity contribution in [1.29, 1.82) is 0 Å². The number of fused-ring (bicyclic) bond motifs is 2. The van der Waals surface area contributed by atoms with E-state index in [2.05, 4.69) is 59.6 Å². The summed E-state index contributed by atoms with van der Waals surface area (Å²) in [5.74, 6) is -0.0489. The molecule has 0 bridgehead atoms. The van der Waals surface area contributed by atoms with Crippen molar-refractivity contribution in [3.63, 3.8) is 0 Å². The minimum Gasteiger partial charge on any atom is -0.371 e. The molecule has 1 aliphatic heterocycles. The van der Waals surface area contributed by atoms with Gasteiger partial charge in [0, 0.05) is 53.2 Å². The summed E-state index contributed by atoms with van der Waals surface area (Å²) >= 11 is 0. The van der Waals surface area contributed by atoms with Crippen LogP contribution in [0.15, 0.2) is 55.0 Å². The Balaban J connectivity index is 1.39. The summed E-state index contributed by atoms with van der Waals surface area (Å²) in [7, 11) is 0. The first-order valence-electron chi connectivity index (χ1n) is 12.2. The Bertz CT molecular complexity index is 1530. The second-order valence-electron chi connectivity index (χ2n) is 9.02. The van der Waals surface area contributed by atoms with E-state index in [1.165, 1.54) is 30.3 Å². The smallest absolute Gasteiger partial charge is 0.224 e. The maximum Gasteiger partial charge on any atom is 0.224 e. The predicted molar refractivity (Wildman–Crippen MR) is 139 cm³/mol. The number of nitrogens with zero attached hydrogens (tertiary/aromatic N) is 4. The van der Waals surface area contributed by atoms with Crippen molar-refractivity contribution >= 4 is 39.1 Å². The molecule has 1 saturated heterocycles. The Kier molecular flexibility index (Phi) is 5.41. The molecule has 35 heavy (non-hydrogen) atoms. The number of hydrogen-bond donors (Lipinski definition) is 3. The number of hydrogen-bond acceptors (Lipinski definition) is 5. The Morgan fingerprint density at radius 3 is 2.77 bits per heavy atom. The molecule has 1 aromatic carbocycles. The number of amides is 1. The molecule has 4 aromatic heterocycles. The third kappa shape index (κ3) is 4.01. The second-order valence-corrected chi connectivity index (χ2v) is 9.02. The van der Waals surface area contributed by atoms with Crippen LogP contribution in [0.4, 0.5) is 11.4 Å². The summed E-state index contributed by atoms with van der Waals surface area (Å²) in [5.41, 5.74) is 7.33. The standard InChI is InChI=1S/C27H27N7O/c1-2-26(35)30-18-11-17(14-28-15-18)22-13-20-24(16-29-22)32-33-27(20)23-12-19-21(31-23)7-6-8-25(19)34-9-4-3-5-10-34/h6-8,11-16,31H,2-5,9-10H2,1H3,(H,30,35)(H,32,33). The first kappa shape index (κ1) is 21.3. The number of aromatic nitrogens is 5. The molecule has 3 N–H and O–H groups in total. The average molecular weight is 466 g/mol. The molecule has 0 unspecified atom stereocenters. The van der Waals surface area contributed by atoms with Crippen LogP contribution in [0.5, 0.6) is 0 Å². The minimum atomic E-state index is -0.0489. The van der Waals surface area contributed by atoms with Crippen LogP contribution in [0.25, 0.3) is 44.5 Å². The topological polar surface area (TPSA) is 103 Å². The molecule has 8 heteroatoms. The third-order valence-corrected chi connectivity index (χ3v) is 6.68. The molecule has 5 aromatic rings. The van der Waals surface area contributed by atoms with E-state index in [-0.39, 0.29) is 5.91 Å². The SMILES string of the molecule is CCC(=O)Nc1cncc(-c2cc3c(-c4cc5c(N6CCCCC6)cccc5[nH]4)n[nH]c3cn2)c1. The van der Waals surface area contributed by atoms with Crippen LogP contribution in [-0.2, 0) is 4.79 Å². The fourth-order valence-electron chi connectivity index (χ4n) is 4.86. The van der Waals surface area contributed by atoms with Crippen LogP contribution < -0.4 is 10.2 Å². The van der Waals surface area contributed by atoms with Crippen molar-refractivity contribution in [2.75, 3.05) is 23.3 Å². The number of aromatic amines is 2. The normalized spacial score (nSPS) is 14.0. The van der Waals surface area contributed by atoms with Gasteiger partial charge >= 0.3 is 0 Å². The summed E-state index contributed by atoms with van der Waals surface area (Å²) in [6, 6.07) is 12.6. The van der Waals surface area contributed by atoms with Crippen molar-refractivity contribution in [3.05, 3.63) is 55.0 Å². The third-order valence-electron chi connectivity index (χ3n) is 6.68. The zero-order valence-electron chi connectivity index (χ0n) is 19.6. The Labute approximate surface area is 202 Å². The lowest BCUT2D eigenvalue weighted by molar-refractivity contribution is -0.115. The van der Waals surface area contributed by atoms with Crippen molar-refractivity contribution in [1.82, 2.24) is 25.1 Å². The monoisotopic (exact) mass is 465 g/mol. The van der Waals surface area contributed by atoms with Crippen LogP contribution >= 0.6 is 0 Å². The molecule has 1 fully saturated rings. The number of carbonyl (C=O) groups is 1. The van der Waals surface area contributed by atoms with Gasteiger partial charge in [-0.3, -0.25) is 19.9 Å². The van der Waals surface area contributed by atoms with Crippen LogP contribution in [0.1, 0.15) is 32.6 Å². The van der Waals surface area contributed by atoms with Gasteiger partial charge in [0.2, 0.25) is 5.91 Å². The molecule has 0 aliphatic carbocycles. The molecule has 8 nitrogen and oxygen atoms in total. The van der Waals surface area contributed by atoms with E-state index >= 15 is 0 Å². The number of piperidine rings is 1. The van der Waals surface area contributed by atoms with E-state index in [0.29, 0.717) is 12.1 Å². The van der Waals surface area contributed by atoms with Crippen molar-refractivity contribution in [2.24, 2.45) is 0 Å². The number of pyridine rings is 2. The predicted octanol–water partition coefficient (Wildman–Crippen LogP) is 5.51. The van der Waals surface area contributed by atoms with Crippen molar-refractivity contribution < 1.29 is 4.79 Å². The fourth-order valence-corrected chi connectivity index (χ4v) is 4.86. The molecule has 0 radical (unpaired) electrons. The van der Waals surface area contributed by atoms with Crippen LogP contribution in [0, 0.1) is 0 Å². The average Bonchev–Trinajstić information content (AvgIpc) is 3.53. The van der Waals surface area contributed by atoms with Crippen LogP contribution in [0.2, 0.25) is 0 Å². The molecule has 5 heterocycles. The maximum atomic E-state index is 11.8. The minimum absolute atomic E-state index is 0.0489. The number of H-pyrrole nitrogens is 2. The van der Waals surface area contributed by atoms with E-state index in [1.807, 2.05) is 19.1 Å². The van der Waals surface area contributed by atoms with E-state index in [0.717, 1.165) is 52.2 Å². The molecule has 1 aliphatic rings. The van der Waals surface area contributed by atoms with Crippen molar-refractivity contribution in [3.8, 4) is 22.6 Å². The van der Waals surface area contributed by atoms with E-state index in [9.17, 15) is 4.79 Å². The highest BCUT2D eigenvalue weighted by Gasteiger charge is 2.18. The summed E-state index contributed by atoms with van der Waals surface area (Å²) in [6.45, 7) is 4.03. The summed E-state index contributed by atoms with van der Waals surface area (Å²) in [6.07, 6.45) is 9.39. The Morgan fingerprint density at radius 2 is 1.91 bits per heavy atom. The molecule has 0 spiro atoms. The molecular formula is C27H27N7O. The van der Waals surface area contributed by atoms with E-state index in [4.69, 9.17) is 0 Å². The highest BCUT2D eigenvalue weighted by Crippen LogP contribution is 2.35. The lowest BCUT2D eigenvalue weighted by Gasteiger charge is -2.29. The summed E-state index contributed by atoms with van der Waals surface area (Å²) in [5, 5.41) is 12.8. The van der Waals surface area contributed by atoms with Gasteiger partial charge in [-0.05, 0) is 49.6 Å². The van der Waals surface area contributed by atoms with Crippen LogP contribution in [0.3, 0.4) is 0 Å². The zero-order chi connectivity index (χ0) is 23.8. The number of benzene rings is 1. The van der Waals surface area contributed by atoms with E-state index < -0.39 is 0 Å². The molecule has 6 rings (SSSR count). The van der Waals surface area contributed by atoms with Gasteiger partial charge in [-0.2, -0.15) is 5.10 Å². The number of rotatable bonds is 5. The molecule has 1 amide bonds. The summed E-state index contributed by atoms with van der Waals surface area (Å²) < 4.78 is 0. The van der Waals surface area contributed by atoms with Gasteiger partial charge in [-0.15, -0.1) is 0 Å². The van der Waals surface area contributed by atoms with Crippen molar-refractivity contribution in [2.45, 2.75) is 32.6 Å². The van der Waals surface area contributed by atoms with Gasteiger partial charge in [-0.25, -0.2) is 0 Å². The largest absolute Gasteiger partial charge is 0.371 e. The lowest BCUT2D eigenvalue weighted by atomic mass is 10.1. The van der Waals surface area contributed by atoms with Gasteiger partial charge < -0.3 is 15.2 Å². The van der Waals surface area contributed by atoms with Gasteiger partial charge in [-0.1, -0.05) is 13.0 Å². The Hall–Kier alpha value is -4.20. The number of anilines is 2. The van der Waals surface area contributed by atoms with Gasteiger partial charge in [0.05, 0.1) is 35.0 Å². The second kappa shape index (κ2) is 8.87. The number of nitrogens with one attached hydrogen (secondary N) is 3. The fraction of sp³-hybridized carbons (Fsp3) is 0.259. The zero-order valence-corrected chi connectivity index (χ0v) is 19.6. The molecule has 0 saturated carbocycles. The highest BCUT2D eigenvalue weighted by molar-refractivity contribution is 6.00. The van der Waals surface area contributed by atoms with Gasteiger partial charge in [0.25, 0.3) is 0 Å². The maximum absolute atomic E-state index is 11.8. The summed E-state index contributed by atoms with van der Waals surface area (Å²) in [4.78, 5) is 26.8. The first-order valence-corrected chi connectivity index (χ1v) is 12.2. The molecular weight excluding hydrogens is 438 g/mol. The molecule has 176 valence electrons. The Morgan fingerprint density at radius 1 is 1.03 bits per heavy atom. The van der Waals surface area contributed by atoms with Crippen LogP contribution in [-0.4, -0.2) is 44.1 Å². The quantitative estimate of drug-likeness (QED) is 0.318. The lowest BCUT2D eigenvalue weighted by Crippen LogP contribution is -2.29. The number of carbonyl (C=O) groups excluding carboxylic acids is 1. The van der Waals surface area contributed by atoms with Gasteiger partial charge in [0.15, 0.2) is 0 Å². The van der Waals surface area contributed by atoms with E-state index in [1.54, 1.807) is 18.6 Å². The highest BCUT2D eigenvalue weighted by atomic mass is 16.1. The first-order chi connectivity index (χ1) is 17.2. The van der Waals surface area contributed by atoms with Gasteiger partial charge in [0.1, 0.15) is 5.69 Å².